The van der Waals surface area contributed by atoms with Crippen molar-refractivity contribution in [3.8, 4) is 0 Å². The molecule has 0 aliphatic carbocycles. The first kappa shape index (κ1) is 21.9. The van der Waals surface area contributed by atoms with Gasteiger partial charge >= 0.3 is 0 Å². The van der Waals surface area contributed by atoms with Crippen molar-refractivity contribution in [1.82, 2.24) is 10.6 Å². The van der Waals surface area contributed by atoms with Gasteiger partial charge in [-0.1, -0.05) is 6.07 Å². The van der Waals surface area contributed by atoms with Crippen molar-refractivity contribution >= 4 is 35.6 Å². The van der Waals surface area contributed by atoms with Crippen LogP contribution >= 0.6 is 24.0 Å². The van der Waals surface area contributed by atoms with E-state index in [1.165, 1.54) is 6.07 Å². The smallest absolute Gasteiger partial charge is 0.191 e. The lowest BCUT2D eigenvalue weighted by Gasteiger charge is -2.19. The zero-order valence-electron chi connectivity index (χ0n) is 14.1. The summed E-state index contributed by atoms with van der Waals surface area (Å²) in [5.74, 6) is 0.590. The van der Waals surface area contributed by atoms with E-state index in [0.29, 0.717) is 13.2 Å². The van der Waals surface area contributed by atoms with Crippen molar-refractivity contribution < 1.29 is 9.13 Å². The van der Waals surface area contributed by atoms with Crippen molar-refractivity contribution in [2.24, 2.45) is 4.99 Å². The molecule has 0 saturated heterocycles. The highest BCUT2D eigenvalue weighted by molar-refractivity contribution is 14.0. The fourth-order valence-electron chi connectivity index (χ4n) is 1.95. The Morgan fingerprint density at radius 2 is 2.13 bits per heavy atom. The number of nitrogens with one attached hydrogen (secondary N) is 2. The van der Waals surface area contributed by atoms with E-state index in [9.17, 15) is 4.39 Å². The Hall–Kier alpha value is -1.09. The molecule has 5 nitrogen and oxygen atoms in total. The number of halogens is 2. The first-order valence-electron chi connectivity index (χ1n) is 7.65. The van der Waals surface area contributed by atoms with E-state index in [1.807, 2.05) is 24.9 Å². The van der Waals surface area contributed by atoms with Crippen molar-refractivity contribution in [3.63, 3.8) is 0 Å². The second-order valence-electron chi connectivity index (χ2n) is 4.94. The predicted octanol–water partition coefficient (Wildman–Crippen LogP) is 2.47. The van der Waals surface area contributed by atoms with E-state index in [1.54, 1.807) is 19.2 Å². The number of anilines is 1. The van der Waals surface area contributed by atoms with Gasteiger partial charge in [-0.25, -0.2) is 4.39 Å². The molecule has 1 rings (SSSR count). The molecular weight excluding hydrogens is 410 g/mol. The lowest BCUT2D eigenvalue weighted by Crippen LogP contribution is -2.39. The second kappa shape index (κ2) is 13.4. The summed E-state index contributed by atoms with van der Waals surface area (Å²) in [6, 6.07) is 6.63. The molecule has 0 saturated carbocycles. The van der Waals surface area contributed by atoms with Crippen LogP contribution in [0.25, 0.3) is 0 Å². The van der Waals surface area contributed by atoms with Crippen LogP contribution in [0.1, 0.15) is 13.3 Å². The third-order valence-corrected chi connectivity index (χ3v) is 3.11. The SMILES string of the molecule is CCNC(=NCCCN(C)c1cccc(F)c1)NCCOC.I. The monoisotopic (exact) mass is 438 g/mol. The fraction of sp³-hybridized carbons (Fsp3) is 0.562. The third-order valence-electron chi connectivity index (χ3n) is 3.11. The number of hydrogen-bond acceptors (Lipinski definition) is 3. The molecule has 0 radical (unpaired) electrons. The summed E-state index contributed by atoms with van der Waals surface area (Å²) in [5.41, 5.74) is 0.883. The highest BCUT2D eigenvalue weighted by atomic mass is 127. The maximum absolute atomic E-state index is 13.2. The van der Waals surface area contributed by atoms with Crippen molar-refractivity contribution in [3.05, 3.63) is 30.1 Å². The highest BCUT2D eigenvalue weighted by Gasteiger charge is 2.02. The van der Waals surface area contributed by atoms with E-state index in [2.05, 4.69) is 15.6 Å². The largest absolute Gasteiger partial charge is 0.383 e. The van der Waals surface area contributed by atoms with Crippen molar-refractivity contribution in [2.75, 3.05) is 51.8 Å². The van der Waals surface area contributed by atoms with E-state index in [4.69, 9.17) is 4.74 Å². The summed E-state index contributed by atoms with van der Waals surface area (Å²) in [4.78, 5) is 6.54. The summed E-state index contributed by atoms with van der Waals surface area (Å²) in [6.07, 6.45) is 0.897. The number of guanidine groups is 1. The molecule has 132 valence electrons. The van der Waals surface area contributed by atoms with Crippen LogP contribution in [0.4, 0.5) is 10.1 Å². The molecule has 0 bridgehead atoms. The van der Waals surface area contributed by atoms with Crippen molar-refractivity contribution in [1.29, 1.82) is 0 Å². The second-order valence-corrected chi connectivity index (χ2v) is 4.94. The Kier molecular flexibility index (Phi) is 12.7. The minimum atomic E-state index is -0.209. The van der Waals surface area contributed by atoms with Crippen molar-refractivity contribution in [2.45, 2.75) is 13.3 Å². The molecule has 7 heteroatoms. The molecular formula is C16H28FIN4O. The summed E-state index contributed by atoms with van der Waals surface area (Å²) >= 11 is 0. The number of ether oxygens (including phenoxy) is 1. The zero-order valence-corrected chi connectivity index (χ0v) is 16.5. The van der Waals surface area contributed by atoms with E-state index >= 15 is 0 Å². The molecule has 0 spiro atoms. The van der Waals surface area contributed by atoms with Gasteiger partial charge in [-0.2, -0.15) is 0 Å². The van der Waals surface area contributed by atoms with Crippen LogP contribution in [0.5, 0.6) is 0 Å². The Morgan fingerprint density at radius 3 is 2.78 bits per heavy atom. The first-order valence-corrected chi connectivity index (χ1v) is 7.65. The third kappa shape index (κ3) is 9.60. The molecule has 0 heterocycles. The maximum Gasteiger partial charge on any atom is 0.191 e. The molecule has 0 fully saturated rings. The molecule has 0 aliphatic rings. The minimum absolute atomic E-state index is 0. The van der Waals surface area contributed by atoms with E-state index < -0.39 is 0 Å². The number of benzene rings is 1. The number of nitrogens with zero attached hydrogens (tertiary/aromatic N) is 2. The average Bonchev–Trinajstić information content (AvgIpc) is 2.51. The average molecular weight is 438 g/mol. The molecule has 2 N–H and O–H groups in total. The molecule has 0 aliphatic heterocycles. The van der Waals surface area contributed by atoms with E-state index in [-0.39, 0.29) is 29.8 Å². The molecule has 0 unspecified atom stereocenters. The van der Waals surface area contributed by atoms with E-state index in [0.717, 1.165) is 37.7 Å². The van der Waals surface area contributed by atoms with Crippen LogP contribution < -0.4 is 15.5 Å². The molecule has 0 aromatic heterocycles. The van der Waals surface area contributed by atoms with Gasteiger partial charge in [-0.05, 0) is 31.5 Å². The van der Waals surface area contributed by atoms with Crippen LogP contribution in [-0.4, -0.2) is 52.9 Å². The summed E-state index contributed by atoms with van der Waals surface area (Å²) in [6.45, 7) is 5.76. The predicted molar refractivity (Wildman–Crippen MR) is 106 cm³/mol. The summed E-state index contributed by atoms with van der Waals surface area (Å²) in [7, 11) is 3.63. The van der Waals surface area contributed by atoms with Crippen LogP contribution in [-0.2, 0) is 4.74 Å². The maximum atomic E-state index is 13.2. The molecule has 23 heavy (non-hydrogen) atoms. The summed E-state index contributed by atoms with van der Waals surface area (Å²) < 4.78 is 18.2. The fourth-order valence-corrected chi connectivity index (χ4v) is 1.95. The van der Waals surface area contributed by atoms with Gasteiger partial charge < -0.3 is 20.3 Å². The Balaban J connectivity index is 0.00000484. The van der Waals surface area contributed by atoms with Crippen LogP contribution in [0.3, 0.4) is 0 Å². The summed E-state index contributed by atoms with van der Waals surface area (Å²) in [5, 5.41) is 6.39. The molecule has 0 atom stereocenters. The Morgan fingerprint density at radius 1 is 1.35 bits per heavy atom. The first-order chi connectivity index (χ1) is 10.7. The van der Waals surface area contributed by atoms with Gasteiger partial charge in [-0.3, -0.25) is 4.99 Å². The number of aliphatic imine (C=N–C) groups is 1. The number of hydrogen-bond donors (Lipinski definition) is 2. The lowest BCUT2D eigenvalue weighted by molar-refractivity contribution is 0.203. The van der Waals surface area contributed by atoms with Crippen LogP contribution in [0.2, 0.25) is 0 Å². The van der Waals surface area contributed by atoms with Gasteiger partial charge in [0.05, 0.1) is 6.61 Å². The molecule has 1 aromatic carbocycles. The van der Waals surface area contributed by atoms with Gasteiger partial charge in [0, 0.05) is 46.0 Å². The standard InChI is InChI=1S/C16H27FN4O.HI/c1-4-18-16(20-10-12-22-3)19-9-6-11-21(2)15-8-5-7-14(17)13-15;/h5,7-8,13H,4,6,9-12H2,1-3H3,(H2,18,19,20);1H. The van der Waals surface area contributed by atoms with Gasteiger partial charge in [-0.15, -0.1) is 24.0 Å². The van der Waals surface area contributed by atoms with Crippen LogP contribution in [0, 0.1) is 5.82 Å². The lowest BCUT2D eigenvalue weighted by atomic mass is 10.2. The highest BCUT2D eigenvalue weighted by Crippen LogP contribution is 2.13. The van der Waals surface area contributed by atoms with Gasteiger partial charge in [0.2, 0.25) is 0 Å². The Bertz CT molecular complexity index is 459. The quantitative estimate of drug-likeness (QED) is 0.269. The number of rotatable bonds is 9. The van der Waals surface area contributed by atoms with Gasteiger partial charge in [0.1, 0.15) is 5.82 Å². The van der Waals surface area contributed by atoms with Crippen LogP contribution in [0.15, 0.2) is 29.3 Å². The minimum Gasteiger partial charge on any atom is -0.383 e. The number of methoxy groups -OCH3 is 1. The molecule has 1 aromatic rings. The Labute approximate surface area is 155 Å². The topological polar surface area (TPSA) is 48.9 Å². The normalized spacial score (nSPS) is 10.9. The van der Waals surface area contributed by atoms with Gasteiger partial charge in [0.15, 0.2) is 5.96 Å². The molecule has 0 amide bonds. The van der Waals surface area contributed by atoms with Gasteiger partial charge in [0.25, 0.3) is 0 Å². The zero-order chi connectivity index (χ0) is 16.2.